The molecule has 1 fully saturated rings. The Morgan fingerprint density at radius 2 is 1.93 bits per heavy atom. The van der Waals surface area contributed by atoms with Gasteiger partial charge in [-0.15, -0.1) is 0 Å². The molecule has 0 aliphatic carbocycles. The van der Waals surface area contributed by atoms with Crippen molar-refractivity contribution in [3.63, 3.8) is 0 Å². The zero-order valence-electron chi connectivity index (χ0n) is 15.4. The summed E-state index contributed by atoms with van der Waals surface area (Å²) in [5, 5.41) is 12.6. The number of ether oxygens (including phenoxy) is 1. The van der Waals surface area contributed by atoms with Crippen molar-refractivity contribution in [1.82, 2.24) is 10.2 Å². The molecular weight excluding hydrogens is 370 g/mol. The molecule has 3 rings (SSSR count). The summed E-state index contributed by atoms with van der Waals surface area (Å²) in [5.41, 5.74) is -1.17. The van der Waals surface area contributed by atoms with Crippen molar-refractivity contribution in [2.24, 2.45) is 0 Å². The first-order valence-corrected chi connectivity index (χ1v) is 8.68. The number of aryl methyl sites for hydroxylation is 1. The zero-order valence-corrected chi connectivity index (χ0v) is 15.4. The second-order valence-corrected chi connectivity index (χ2v) is 6.83. The molecule has 2 N–H and O–H groups in total. The molecule has 28 heavy (non-hydrogen) atoms. The molecular formula is C20H20F2N2O4. The number of hydrogen-bond donors (Lipinski definition) is 2. The molecule has 3 amide bonds. The van der Waals surface area contributed by atoms with E-state index in [2.05, 4.69) is 5.32 Å². The number of halogens is 2. The van der Waals surface area contributed by atoms with Gasteiger partial charge in [-0.05, 0) is 43.7 Å². The third-order valence-electron chi connectivity index (χ3n) is 4.66. The number of carbonyl (C=O) groups is 2. The highest BCUT2D eigenvalue weighted by Crippen LogP contribution is 2.31. The predicted octanol–water partition coefficient (Wildman–Crippen LogP) is 2.48. The van der Waals surface area contributed by atoms with E-state index in [9.17, 15) is 23.5 Å². The molecule has 1 heterocycles. The molecule has 0 radical (unpaired) electrons. The van der Waals surface area contributed by atoms with Crippen molar-refractivity contribution in [3.05, 3.63) is 65.2 Å². The van der Waals surface area contributed by atoms with Gasteiger partial charge in [-0.1, -0.05) is 18.2 Å². The van der Waals surface area contributed by atoms with E-state index in [-0.39, 0.29) is 18.7 Å². The highest BCUT2D eigenvalue weighted by molar-refractivity contribution is 6.07. The lowest BCUT2D eigenvalue weighted by atomic mass is 9.91. The zero-order chi connectivity index (χ0) is 20.5. The molecule has 148 valence electrons. The lowest BCUT2D eigenvalue weighted by molar-refractivity contribution is -0.132. The molecule has 1 aliphatic heterocycles. The average molecular weight is 390 g/mol. The molecule has 1 aliphatic rings. The number of carbonyl (C=O) groups excluding carboxylic acids is 2. The van der Waals surface area contributed by atoms with E-state index in [1.54, 1.807) is 12.1 Å². The van der Waals surface area contributed by atoms with Crippen LogP contribution in [0.15, 0.2) is 42.5 Å². The maximum absolute atomic E-state index is 14.1. The van der Waals surface area contributed by atoms with Crippen LogP contribution in [0.5, 0.6) is 5.75 Å². The normalized spacial score (nSPS) is 20.2. The van der Waals surface area contributed by atoms with Crippen molar-refractivity contribution in [2.45, 2.75) is 25.5 Å². The van der Waals surface area contributed by atoms with Crippen LogP contribution in [-0.4, -0.2) is 41.2 Å². The van der Waals surface area contributed by atoms with Crippen LogP contribution in [0.4, 0.5) is 13.6 Å². The van der Waals surface area contributed by atoms with E-state index in [1.807, 2.05) is 19.1 Å². The summed E-state index contributed by atoms with van der Waals surface area (Å²) in [6.07, 6.45) is -1.16. The minimum atomic E-state index is -1.76. The van der Waals surface area contributed by atoms with Crippen LogP contribution in [0.3, 0.4) is 0 Å². The Kier molecular flexibility index (Phi) is 5.33. The molecule has 0 saturated carbocycles. The van der Waals surface area contributed by atoms with Crippen LogP contribution in [0, 0.1) is 18.6 Å². The van der Waals surface area contributed by atoms with Crippen molar-refractivity contribution in [3.8, 4) is 5.75 Å². The highest BCUT2D eigenvalue weighted by atomic mass is 19.1. The van der Waals surface area contributed by atoms with Gasteiger partial charge in [-0.25, -0.2) is 13.6 Å². The molecule has 0 aromatic heterocycles. The highest BCUT2D eigenvalue weighted by Gasteiger charge is 2.50. The third kappa shape index (κ3) is 3.68. The van der Waals surface area contributed by atoms with Gasteiger partial charge < -0.3 is 15.2 Å². The van der Waals surface area contributed by atoms with Crippen molar-refractivity contribution < 1.29 is 28.2 Å². The first-order chi connectivity index (χ1) is 13.2. The molecule has 2 aromatic carbocycles. The number of aliphatic hydroxyl groups is 1. The van der Waals surface area contributed by atoms with Gasteiger partial charge in [0.05, 0.1) is 6.54 Å². The lowest BCUT2D eigenvalue weighted by Gasteiger charge is -2.23. The Morgan fingerprint density at radius 1 is 1.21 bits per heavy atom. The summed E-state index contributed by atoms with van der Waals surface area (Å²) in [6.45, 7) is 2.65. The molecule has 0 spiro atoms. The quantitative estimate of drug-likeness (QED) is 0.743. The molecule has 0 bridgehead atoms. The number of amides is 3. The van der Waals surface area contributed by atoms with Crippen LogP contribution >= 0.6 is 0 Å². The fraction of sp³-hybridized carbons (Fsp3) is 0.300. The molecule has 1 saturated heterocycles. The van der Waals surface area contributed by atoms with E-state index in [0.29, 0.717) is 5.75 Å². The number of aliphatic hydroxyl groups excluding tert-OH is 1. The number of nitrogens with one attached hydrogen (secondary N) is 1. The van der Waals surface area contributed by atoms with E-state index < -0.39 is 35.2 Å². The SMILES string of the molecule is Cc1ccccc1OC[C@H](O)CN1C(=O)N[C@](C)(c2cc(F)ccc2F)C1=O. The maximum Gasteiger partial charge on any atom is 0.325 e. The fourth-order valence-electron chi connectivity index (χ4n) is 3.09. The monoisotopic (exact) mass is 390 g/mol. The number of para-hydroxylation sites is 1. The maximum atomic E-state index is 14.1. The smallest absolute Gasteiger partial charge is 0.325 e. The van der Waals surface area contributed by atoms with Gasteiger partial charge in [0, 0.05) is 5.56 Å². The Labute approximate surface area is 160 Å². The topological polar surface area (TPSA) is 78.9 Å². The second-order valence-electron chi connectivity index (χ2n) is 6.83. The van der Waals surface area contributed by atoms with Crippen molar-refractivity contribution in [2.75, 3.05) is 13.2 Å². The summed E-state index contributed by atoms with van der Waals surface area (Å²) >= 11 is 0. The number of hydrogen-bond acceptors (Lipinski definition) is 4. The second kappa shape index (κ2) is 7.55. The number of nitrogens with zero attached hydrogens (tertiary/aromatic N) is 1. The first kappa shape index (κ1) is 19.8. The van der Waals surface area contributed by atoms with Gasteiger partial charge in [0.2, 0.25) is 0 Å². The van der Waals surface area contributed by atoms with Gasteiger partial charge in [0.15, 0.2) is 0 Å². The van der Waals surface area contributed by atoms with Crippen LogP contribution in [-0.2, 0) is 10.3 Å². The molecule has 8 heteroatoms. The van der Waals surface area contributed by atoms with Crippen LogP contribution in [0.25, 0.3) is 0 Å². The predicted molar refractivity (Wildman–Crippen MR) is 96.6 cm³/mol. The minimum Gasteiger partial charge on any atom is -0.491 e. The summed E-state index contributed by atoms with van der Waals surface area (Å²) in [5.74, 6) is -1.75. The Hall–Kier alpha value is -3.00. The number of benzene rings is 2. The number of imide groups is 1. The lowest BCUT2D eigenvalue weighted by Crippen LogP contribution is -2.43. The largest absolute Gasteiger partial charge is 0.491 e. The number of β-amino-alcohol motifs (C(OH)–C–C–N with tert-alkyl or cyclic N) is 1. The molecule has 0 unspecified atom stereocenters. The number of urea groups is 1. The van der Waals surface area contributed by atoms with Gasteiger partial charge in [-0.3, -0.25) is 9.69 Å². The average Bonchev–Trinajstić information content (AvgIpc) is 2.87. The van der Waals surface area contributed by atoms with Crippen LogP contribution in [0.2, 0.25) is 0 Å². The first-order valence-electron chi connectivity index (χ1n) is 8.68. The minimum absolute atomic E-state index is 0.146. The standard InChI is InChI=1S/C20H20F2N2O4/c1-12-5-3-4-6-17(12)28-11-14(25)10-24-18(26)20(2,23-19(24)27)15-9-13(21)7-8-16(15)22/h3-9,14,25H,10-11H2,1-2H3,(H,23,27)/t14-,20-/m1/s1. The summed E-state index contributed by atoms with van der Waals surface area (Å²) < 4.78 is 33.2. The Balaban J connectivity index is 1.71. The van der Waals surface area contributed by atoms with E-state index in [1.165, 1.54) is 6.92 Å². The third-order valence-corrected chi connectivity index (χ3v) is 4.66. The van der Waals surface area contributed by atoms with Gasteiger partial charge in [0.1, 0.15) is 35.6 Å². The van der Waals surface area contributed by atoms with Crippen molar-refractivity contribution >= 4 is 11.9 Å². The van der Waals surface area contributed by atoms with E-state index in [0.717, 1.165) is 28.7 Å². The van der Waals surface area contributed by atoms with Gasteiger partial charge in [-0.2, -0.15) is 0 Å². The number of rotatable bonds is 6. The van der Waals surface area contributed by atoms with Crippen LogP contribution in [0.1, 0.15) is 18.1 Å². The fourth-order valence-corrected chi connectivity index (χ4v) is 3.09. The molecule has 2 aromatic rings. The molecule has 2 atom stereocenters. The van der Waals surface area contributed by atoms with E-state index in [4.69, 9.17) is 4.74 Å². The van der Waals surface area contributed by atoms with Crippen molar-refractivity contribution in [1.29, 1.82) is 0 Å². The Bertz CT molecular complexity index is 921. The Morgan fingerprint density at radius 3 is 2.64 bits per heavy atom. The van der Waals surface area contributed by atoms with Gasteiger partial charge >= 0.3 is 6.03 Å². The van der Waals surface area contributed by atoms with Crippen LogP contribution < -0.4 is 10.1 Å². The van der Waals surface area contributed by atoms with Gasteiger partial charge in [0.25, 0.3) is 5.91 Å². The summed E-state index contributed by atoms with van der Waals surface area (Å²) in [4.78, 5) is 25.8. The summed E-state index contributed by atoms with van der Waals surface area (Å²) in [7, 11) is 0. The summed E-state index contributed by atoms with van der Waals surface area (Å²) in [6, 6.07) is 9.10. The molecule has 6 nitrogen and oxygen atoms in total. The van der Waals surface area contributed by atoms with E-state index >= 15 is 0 Å².